The molecule has 2 aromatic heterocycles. The minimum Gasteiger partial charge on any atom is -0.315 e. The minimum absolute atomic E-state index is 0.0801. The molecule has 0 atom stereocenters. The minimum atomic E-state index is -0.0801. The molecule has 2 heterocycles. The Bertz CT molecular complexity index is 499. The molecule has 0 saturated heterocycles. The molecule has 0 aromatic carbocycles. The summed E-state index contributed by atoms with van der Waals surface area (Å²) in [6.45, 7) is 4.31. The molecule has 5 nitrogen and oxygen atoms in total. The lowest BCUT2D eigenvalue weighted by Gasteiger charge is -1.99. The van der Waals surface area contributed by atoms with Crippen LogP contribution in [0.3, 0.4) is 0 Å². The van der Waals surface area contributed by atoms with Crippen molar-refractivity contribution >= 4 is 5.65 Å². The molecule has 0 bridgehead atoms. The summed E-state index contributed by atoms with van der Waals surface area (Å²) in [6.07, 6.45) is 1.73. The molecule has 0 radical (unpaired) electrons. The first-order valence-corrected chi connectivity index (χ1v) is 5.08. The first kappa shape index (κ1) is 9.92. The van der Waals surface area contributed by atoms with Crippen molar-refractivity contribution in [2.45, 2.75) is 13.5 Å². The fourth-order valence-corrected chi connectivity index (χ4v) is 1.48. The van der Waals surface area contributed by atoms with E-state index in [0.29, 0.717) is 12.2 Å². The Morgan fingerprint density at radius 2 is 2.33 bits per heavy atom. The summed E-state index contributed by atoms with van der Waals surface area (Å²) in [7, 11) is 0. The molecular weight excluding hydrogens is 192 g/mol. The number of hydrogen-bond donors (Lipinski definition) is 1. The number of pyridine rings is 1. The number of aromatic nitrogens is 3. The Balaban J connectivity index is 2.28. The Hall–Kier alpha value is -1.62. The maximum Gasteiger partial charge on any atom is 0.350 e. The van der Waals surface area contributed by atoms with Gasteiger partial charge in [-0.2, -0.15) is 0 Å². The lowest BCUT2D eigenvalue weighted by molar-refractivity contribution is 0.550. The maximum absolute atomic E-state index is 11.8. The second kappa shape index (κ2) is 4.27. The average Bonchev–Trinajstić information content (AvgIpc) is 2.57. The third kappa shape index (κ3) is 1.92. The number of fused-ring (bicyclic) bond motifs is 1. The molecule has 2 rings (SSSR count). The van der Waals surface area contributed by atoms with Crippen LogP contribution in [0.4, 0.5) is 0 Å². The smallest absolute Gasteiger partial charge is 0.315 e. The third-order valence-corrected chi connectivity index (χ3v) is 2.24. The average molecular weight is 206 g/mol. The van der Waals surface area contributed by atoms with E-state index < -0.39 is 0 Å². The van der Waals surface area contributed by atoms with Gasteiger partial charge in [-0.05, 0) is 18.7 Å². The topological polar surface area (TPSA) is 51.3 Å². The predicted molar refractivity (Wildman–Crippen MR) is 58.0 cm³/mol. The van der Waals surface area contributed by atoms with Gasteiger partial charge in [-0.1, -0.05) is 13.0 Å². The summed E-state index contributed by atoms with van der Waals surface area (Å²) in [5.74, 6) is 0. The molecule has 0 aliphatic heterocycles. The van der Waals surface area contributed by atoms with Crippen LogP contribution in [0.15, 0.2) is 29.2 Å². The molecule has 0 aliphatic rings. The SMILES string of the molecule is CCNCCn1nc2ccccn2c1=O. The fourth-order valence-electron chi connectivity index (χ4n) is 1.48. The standard InChI is InChI=1S/C10H14N4O/c1-2-11-6-8-14-10(15)13-7-4-3-5-9(13)12-14/h3-5,7,11H,2,6,8H2,1H3. The lowest BCUT2D eigenvalue weighted by atomic mass is 10.5. The molecule has 0 unspecified atom stereocenters. The molecule has 0 fully saturated rings. The van der Waals surface area contributed by atoms with E-state index in [0.717, 1.165) is 13.1 Å². The second-order valence-corrected chi connectivity index (χ2v) is 3.29. The zero-order valence-corrected chi connectivity index (χ0v) is 8.68. The Kier molecular flexibility index (Phi) is 2.82. The van der Waals surface area contributed by atoms with Gasteiger partial charge < -0.3 is 5.32 Å². The van der Waals surface area contributed by atoms with Crippen LogP contribution in [-0.2, 0) is 6.54 Å². The van der Waals surface area contributed by atoms with Gasteiger partial charge in [-0.25, -0.2) is 9.48 Å². The fraction of sp³-hybridized carbons (Fsp3) is 0.400. The first-order valence-electron chi connectivity index (χ1n) is 5.08. The molecule has 0 saturated carbocycles. The highest BCUT2D eigenvalue weighted by atomic mass is 16.2. The van der Waals surface area contributed by atoms with E-state index in [1.54, 1.807) is 10.6 Å². The predicted octanol–water partition coefficient (Wildman–Crippen LogP) is 0.105. The van der Waals surface area contributed by atoms with Crippen LogP contribution >= 0.6 is 0 Å². The molecule has 80 valence electrons. The Labute approximate surface area is 87.3 Å². The van der Waals surface area contributed by atoms with Crippen molar-refractivity contribution in [3.05, 3.63) is 34.9 Å². The van der Waals surface area contributed by atoms with Crippen LogP contribution in [0, 0.1) is 0 Å². The quantitative estimate of drug-likeness (QED) is 0.722. The molecule has 1 N–H and O–H groups in total. The normalized spacial score (nSPS) is 11.0. The highest BCUT2D eigenvalue weighted by Crippen LogP contribution is 1.94. The van der Waals surface area contributed by atoms with E-state index in [1.165, 1.54) is 4.68 Å². The van der Waals surface area contributed by atoms with Crippen LogP contribution in [0.5, 0.6) is 0 Å². The molecule has 0 spiro atoms. The number of nitrogens with one attached hydrogen (secondary N) is 1. The van der Waals surface area contributed by atoms with E-state index in [2.05, 4.69) is 10.4 Å². The number of nitrogens with zero attached hydrogens (tertiary/aromatic N) is 3. The van der Waals surface area contributed by atoms with Gasteiger partial charge in [0.25, 0.3) is 0 Å². The van der Waals surface area contributed by atoms with E-state index in [1.807, 2.05) is 25.1 Å². The first-order chi connectivity index (χ1) is 7.33. The summed E-state index contributed by atoms with van der Waals surface area (Å²) in [5.41, 5.74) is 0.613. The van der Waals surface area contributed by atoms with Crippen LogP contribution in [0.2, 0.25) is 0 Å². The summed E-state index contributed by atoms with van der Waals surface area (Å²) in [6, 6.07) is 5.52. The number of rotatable bonds is 4. The summed E-state index contributed by atoms with van der Waals surface area (Å²) >= 11 is 0. The Morgan fingerprint density at radius 3 is 3.07 bits per heavy atom. The van der Waals surface area contributed by atoms with Crippen LogP contribution in [0.1, 0.15) is 6.92 Å². The maximum atomic E-state index is 11.8. The van der Waals surface area contributed by atoms with Gasteiger partial charge in [-0.15, -0.1) is 5.10 Å². The van der Waals surface area contributed by atoms with E-state index >= 15 is 0 Å². The van der Waals surface area contributed by atoms with Crippen LogP contribution in [0.25, 0.3) is 5.65 Å². The van der Waals surface area contributed by atoms with Crippen LogP contribution < -0.4 is 11.0 Å². The zero-order valence-electron chi connectivity index (χ0n) is 8.68. The number of likely N-dealkylation sites (N-methyl/N-ethyl adjacent to an activating group) is 1. The highest BCUT2D eigenvalue weighted by Gasteiger charge is 2.04. The summed E-state index contributed by atoms with van der Waals surface area (Å²) in [5, 5.41) is 7.37. The molecular formula is C10H14N4O. The molecule has 15 heavy (non-hydrogen) atoms. The number of hydrogen-bond acceptors (Lipinski definition) is 3. The monoisotopic (exact) mass is 206 g/mol. The van der Waals surface area contributed by atoms with Gasteiger partial charge in [0.1, 0.15) is 0 Å². The van der Waals surface area contributed by atoms with Gasteiger partial charge in [0.05, 0.1) is 6.54 Å². The van der Waals surface area contributed by atoms with Crippen molar-refractivity contribution in [1.29, 1.82) is 0 Å². The summed E-state index contributed by atoms with van der Waals surface area (Å²) in [4.78, 5) is 11.8. The van der Waals surface area contributed by atoms with E-state index in [4.69, 9.17) is 0 Å². The second-order valence-electron chi connectivity index (χ2n) is 3.29. The van der Waals surface area contributed by atoms with E-state index in [-0.39, 0.29) is 5.69 Å². The van der Waals surface area contributed by atoms with E-state index in [9.17, 15) is 4.79 Å². The van der Waals surface area contributed by atoms with Gasteiger partial charge in [0.15, 0.2) is 5.65 Å². The molecule has 2 aromatic rings. The van der Waals surface area contributed by atoms with Gasteiger partial charge in [-0.3, -0.25) is 4.40 Å². The van der Waals surface area contributed by atoms with Crippen molar-refractivity contribution < 1.29 is 0 Å². The molecule has 0 amide bonds. The molecule has 0 aliphatic carbocycles. The molecule has 5 heteroatoms. The van der Waals surface area contributed by atoms with Gasteiger partial charge >= 0.3 is 5.69 Å². The highest BCUT2D eigenvalue weighted by molar-refractivity contribution is 5.35. The van der Waals surface area contributed by atoms with Crippen LogP contribution in [-0.4, -0.2) is 27.3 Å². The largest absolute Gasteiger partial charge is 0.350 e. The van der Waals surface area contributed by atoms with Crippen molar-refractivity contribution in [3.8, 4) is 0 Å². The van der Waals surface area contributed by atoms with Crippen molar-refractivity contribution in [2.24, 2.45) is 0 Å². The zero-order chi connectivity index (χ0) is 10.7. The Morgan fingerprint density at radius 1 is 1.47 bits per heavy atom. The van der Waals surface area contributed by atoms with Gasteiger partial charge in [0.2, 0.25) is 0 Å². The van der Waals surface area contributed by atoms with Crippen molar-refractivity contribution in [1.82, 2.24) is 19.5 Å². The third-order valence-electron chi connectivity index (χ3n) is 2.24. The van der Waals surface area contributed by atoms with Crippen molar-refractivity contribution in [2.75, 3.05) is 13.1 Å². The van der Waals surface area contributed by atoms with Crippen molar-refractivity contribution in [3.63, 3.8) is 0 Å². The lowest BCUT2D eigenvalue weighted by Crippen LogP contribution is -2.27. The van der Waals surface area contributed by atoms with Gasteiger partial charge in [0, 0.05) is 12.7 Å². The summed E-state index contributed by atoms with van der Waals surface area (Å²) < 4.78 is 3.03.